The molecule has 0 aliphatic heterocycles. The molecule has 3 heteroatoms. The van der Waals surface area contributed by atoms with Crippen molar-refractivity contribution in [1.82, 2.24) is 5.16 Å². The smallest absolute Gasteiger partial charge is 0.167 e. The molecule has 0 bridgehead atoms. The zero-order valence-corrected chi connectivity index (χ0v) is 8.69. The second kappa shape index (κ2) is 4.26. The monoisotopic (exact) mass is 203 g/mol. The number of aryl methyl sites for hydroxylation is 2. The standard InChI is InChI=1S/C12H13NO2/c1-9-11-8-10(4-2-3-7-14)5-6-12(11)15-13-9/h5-8H,2-4H2,1H3. The minimum absolute atomic E-state index is 0.626. The number of carbonyl (C=O) groups is 1. The number of carbonyl (C=O) groups excluding carboxylic acids is 1. The lowest BCUT2D eigenvalue weighted by Gasteiger charge is -1.98. The Labute approximate surface area is 88.1 Å². The second-order valence-electron chi connectivity index (χ2n) is 3.66. The average molecular weight is 203 g/mol. The molecular formula is C12H13NO2. The molecule has 0 radical (unpaired) electrons. The van der Waals surface area contributed by atoms with Gasteiger partial charge >= 0.3 is 0 Å². The lowest BCUT2D eigenvalue weighted by atomic mass is 10.1. The Kier molecular flexibility index (Phi) is 2.81. The molecular weight excluding hydrogens is 190 g/mol. The van der Waals surface area contributed by atoms with Gasteiger partial charge in [0.05, 0.1) is 5.69 Å². The molecule has 0 unspecified atom stereocenters. The Morgan fingerprint density at radius 2 is 2.33 bits per heavy atom. The molecule has 2 rings (SSSR count). The summed E-state index contributed by atoms with van der Waals surface area (Å²) in [6.45, 7) is 1.93. The SMILES string of the molecule is Cc1noc2ccc(CCCC=O)cc12. The van der Waals surface area contributed by atoms with Crippen molar-refractivity contribution >= 4 is 17.3 Å². The first-order chi connectivity index (χ1) is 7.31. The van der Waals surface area contributed by atoms with Crippen LogP contribution in [0.2, 0.25) is 0 Å². The van der Waals surface area contributed by atoms with E-state index >= 15 is 0 Å². The summed E-state index contributed by atoms with van der Waals surface area (Å²) < 4.78 is 5.12. The van der Waals surface area contributed by atoms with Gasteiger partial charge in [0.25, 0.3) is 0 Å². The number of hydrogen-bond acceptors (Lipinski definition) is 3. The summed E-state index contributed by atoms with van der Waals surface area (Å²) in [6, 6.07) is 6.05. The van der Waals surface area contributed by atoms with Crippen molar-refractivity contribution in [2.75, 3.05) is 0 Å². The normalized spacial score (nSPS) is 10.7. The van der Waals surface area contributed by atoms with Crippen LogP contribution in [0.1, 0.15) is 24.1 Å². The first kappa shape index (κ1) is 9.90. The molecule has 0 amide bonds. The van der Waals surface area contributed by atoms with Crippen molar-refractivity contribution in [3.8, 4) is 0 Å². The Morgan fingerprint density at radius 3 is 3.13 bits per heavy atom. The first-order valence-electron chi connectivity index (χ1n) is 5.10. The van der Waals surface area contributed by atoms with E-state index in [0.717, 1.165) is 35.8 Å². The number of aromatic nitrogens is 1. The van der Waals surface area contributed by atoms with E-state index in [4.69, 9.17) is 4.52 Å². The molecule has 0 N–H and O–H groups in total. The predicted octanol–water partition coefficient (Wildman–Crippen LogP) is 2.66. The molecule has 0 aliphatic carbocycles. The Morgan fingerprint density at radius 1 is 1.47 bits per heavy atom. The molecule has 2 aromatic rings. The van der Waals surface area contributed by atoms with Crippen LogP contribution in [-0.4, -0.2) is 11.4 Å². The Bertz CT molecular complexity index is 473. The van der Waals surface area contributed by atoms with Crippen LogP contribution in [0.15, 0.2) is 22.7 Å². The highest BCUT2D eigenvalue weighted by molar-refractivity contribution is 5.79. The first-order valence-corrected chi connectivity index (χ1v) is 5.10. The minimum Gasteiger partial charge on any atom is -0.356 e. The van der Waals surface area contributed by atoms with Crippen molar-refractivity contribution in [1.29, 1.82) is 0 Å². The fraction of sp³-hybridized carbons (Fsp3) is 0.333. The van der Waals surface area contributed by atoms with Gasteiger partial charge in [-0.2, -0.15) is 0 Å². The third-order valence-corrected chi connectivity index (χ3v) is 2.50. The summed E-state index contributed by atoms with van der Waals surface area (Å²) in [4.78, 5) is 10.2. The maximum atomic E-state index is 10.2. The van der Waals surface area contributed by atoms with Gasteiger partial charge in [-0.25, -0.2) is 0 Å². The third kappa shape index (κ3) is 2.06. The van der Waals surface area contributed by atoms with Gasteiger partial charge in [-0.1, -0.05) is 11.2 Å². The maximum absolute atomic E-state index is 10.2. The lowest BCUT2D eigenvalue weighted by Crippen LogP contribution is -1.86. The maximum Gasteiger partial charge on any atom is 0.167 e. The van der Waals surface area contributed by atoms with Gasteiger partial charge in [0.1, 0.15) is 6.29 Å². The summed E-state index contributed by atoms with van der Waals surface area (Å²) in [5.74, 6) is 0. The van der Waals surface area contributed by atoms with Gasteiger partial charge in [0.15, 0.2) is 5.58 Å². The van der Waals surface area contributed by atoms with E-state index in [0.29, 0.717) is 6.42 Å². The van der Waals surface area contributed by atoms with Gasteiger partial charge in [-0.3, -0.25) is 0 Å². The molecule has 0 fully saturated rings. The fourth-order valence-electron chi connectivity index (χ4n) is 1.65. The molecule has 0 aliphatic rings. The highest BCUT2D eigenvalue weighted by Gasteiger charge is 2.04. The number of benzene rings is 1. The highest BCUT2D eigenvalue weighted by atomic mass is 16.5. The quantitative estimate of drug-likeness (QED) is 0.566. The zero-order chi connectivity index (χ0) is 10.7. The highest BCUT2D eigenvalue weighted by Crippen LogP contribution is 2.20. The average Bonchev–Trinajstić information content (AvgIpc) is 2.61. The van der Waals surface area contributed by atoms with Gasteiger partial charge in [0, 0.05) is 11.8 Å². The minimum atomic E-state index is 0.626. The molecule has 3 nitrogen and oxygen atoms in total. The number of fused-ring (bicyclic) bond motifs is 1. The van der Waals surface area contributed by atoms with Crippen LogP contribution in [0.3, 0.4) is 0 Å². The van der Waals surface area contributed by atoms with Crippen LogP contribution in [-0.2, 0) is 11.2 Å². The van der Waals surface area contributed by atoms with Crippen molar-refractivity contribution in [2.24, 2.45) is 0 Å². The van der Waals surface area contributed by atoms with Crippen LogP contribution < -0.4 is 0 Å². The Hall–Kier alpha value is -1.64. The van der Waals surface area contributed by atoms with Crippen molar-refractivity contribution in [2.45, 2.75) is 26.2 Å². The number of rotatable bonds is 4. The third-order valence-electron chi connectivity index (χ3n) is 2.50. The number of nitrogens with zero attached hydrogens (tertiary/aromatic N) is 1. The number of aldehydes is 1. The largest absolute Gasteiger partial charge is 0.356 e. The second-order valence-corrected chi connectivity index (χ2v) is 3.66. The summed E-state index contributed by atoms with van der Waals surface area (Å²) in [7, 11) is 0. The zero-order valence-electron chi connectivity index (χ0n) is 8.69. The van der Waals surface area contributed by atoms with E-state index in [-0.39, 0.29) is 0 Å². The van der Waals surface area contributed by atoms with Crippen LogP contribution >= 0.6 is 0 Å². The summed E-state index contributed by atoms with van der Waals surface area (Å²) in [5, 5.41) is 4.97. The number of unbranched alkanes of at least 4 members (excludes halogenated alkanes) is 1. The lowest BCUT2D eigenvalue weighted by molar-refractivity contribution is -0.107. The molecule has 1 heterocycles. The summed E-state index contributed by atoms with van der Waals surface area (Å²) in [6.07, 6.45) is 3.42. The molecule has 0 atom stereocenters. The molecule has 1 aromatic carbocycles. The van der Waals surface area contributed by atoms with E-state index in [1.54, 1.807) is 0 Å². The van der Waals surface area contributed by atoms with Gasteiger partial charge in [0.2, 0.25) is 0 Å². The topological polar surface area (TPSA) is 43.1 Å². The van der Waals surface area contributed by atoms with E-state index < -0.39 is 0 Å². The molecule has 0 saturated heterocycles. The van der Waals surface area contributed by atoms with E-state index in [9.17, 15) is 4.79 Å². The molecule has 0 saturated carbocycles. The van der Waals surface area contributed by atoms with Crippen LogP contribution in [0.5, 0.6) is 0 Å². The Balaban J connectivity index is 2.21. The molecule has 78 valence electrons. The van der Waals surface area contributed by atoms with Crippen LogP contribution in [0.25, 0.3) is 11.0 Å². The molecule has 15 heavy (non-hydrogen) atoms. The van der Waals surface area contributed by atoms with E-state index in [1.807, 2.05) is 19.1 Å². The summed E-state index contributed by atoms with van der Waals surface area (Å²) >= 11 is 0. The van der Waals surface area contributed by atoms with Gasteiger partial charge < -0.3 is 9.32 Å². The van der Waals surface area contributed by atoms with Crippen molar-refractivity contribution in [3.05, 3.63) is 29.5 Å². The summed E-state index contributed by atoms with van der Waals surface area (Å²) in [5.41, 5.74) is 2.98. The molecule has 1 aromatic heterocycles. The van der Waals surface area contributed by atoms with E-state index in [1.165, 1.54) is 5.56 Å². The van der Waals surface area contributed by atoms with Gasteiger partial charge in [-0.05, 0) is 37.5 Å². The van der Waals surface area contributed by atoms with E-state index in [2.05, 4.69) is 11.2 Å². The van der Waals surface area contributed by atoms with Crippen LogP contribution in [0, 0.1) is 6.92 Å². The molecule has 0 spiro atoms. The predicted molar refractivity (Wildman–Crippen MR) is 57.7 cm³/mol. The van der Waals surface area contributed by atoms with Crippen molar-refractivity contribution in [3.63, 3.8) is 0 Å². The number of hydrogen-bond donors (Lipinski definition) is 0. The van der Waals surface area contributed by atoms with Gasteiger partial charge in [-0.15, -0.1) is 0 Å². The van der Waals surface area contributed by atoms with Crippen molar-refractivity contribution < 1.29 is 9.32 Å². The fourth-order valence-corrected chi connectivity index (χ4v) is 1.65. The van der Waals surface area contributed by atoms with Crippen LogP contribution in [0.4, 0.5) is 0 Å².